The lowest BCUT2D eigenvalue weighted by Gasteiger charge is -2.03. The SMILES string of the molecule is CCc1nn2c(-c3ccco3)ccnc2c1-c1ccc(Br)cc1. The number of aryl methyl sites for hydroxylation is 1. The molecule has 114 valence electrons. The number of furan rings is 1. The third kappa shape index (κ3) is 2.37. The second-order valence-corrected chi connectivity index (χ2v) is 6.14. The summed E-state index contributed by atoms with van der Waals surface area (Å²) in [5, 5.41) is 4.77. The zero-order valence-electron chi connectivity index (χ0n) is 12.5. The molecule has 0 unspecified atom stereocenters. The number of hydrogen-bond donors (Lipinski definition) is 0. The van der Waals surface area contributed by atoms with E-state index in [1.807, 2.05) is 34.8 Å². The maximum Gasteiger partial charge on any atom is 0.163 e. The number of aromatic nitrogens is 3. The predicted molar refractivity (Wildman–Crippen MR) is 93.2 cm³/mol. The van der Waals surface area contributed by atoms with Crippen LogP contribution in [0.4, 0.5) is 0 Å². The molecule has 0 atom stereocenters. The highest BCUT2D eigenvalue weighted by atomic mass is 79.9. The Morgan fingerprint density at radius 1 is 1.13 bits per heavy atom. The first-order valence-electron chi connectivity index (χ1n) is 7.44. The number of benzene rings is 1. The van der Waals surface area contributed by atoms with Crippen LogP contribution in [0.25, 0.3) is 28.2 Å². The molecule has 0 bridgehead atoms. The first-order chi connectivity index (χ1) is 11.3. The van der Waals surface area contributed by atoms with Crippen molar-refractivity contribution >= 4 is 21.6 Å². The zero-order chi connectivity index (χ0) is 15.8. The standard InChI is InChI=1S/C18H14BrN3O/c1-2-14-17(12-5-7-13(19)8-6-12)18-20-10-9-15(22(18)21-14)16-4-3-11-23-16/h3-11H,2H2,1H3. The maximum absolute atomic E-state index is 5.54. The van der Waals surface area contributed by atoms with E-state index in [0.717, 1.165) is 44.8 Å². The minimum absolute atomic E-state index is 0.782. The van der Waals surface area contributed by atoms with Gasteiger partial charge in [-0.15, -0.1) is 0 Å². The van der Waals surface area contributed by atoms with Gasteiger partial charge in [-0.1, -0.05) is 35.0 Å². The molecule has 0 spiro atoms. The lowest BCUT2D eigenvalue weighted by Crippen LogP contribution is -1.95. The molecule has 0 aliphatic carbocycles. The van der Waals surface area contributed by atoms with Crippen LogP contribution < -0.4 is 0 Å². The zero-order valence-corrected chi connectivity index (χ0v) is 14.1. The lowest BCUT2D eigenvalue weighted by molar-refractivity contribution is 0.577. The van der Waals surface area contributed by atoms with Gasteiger partial charge in [0.05, 0.1) is 12.0 Å². The summed E-state index contributed by atoms with van der Waals surface area (Å²) in [6, 6.07) is 14.0. The van der Waals surface area contributed by atoms with E-state index in [2.05, 4.69) is 40.0 Å². The largest absolute Gasteiger partial charge is 0.463 e. The normalized spacial score (nSPS) is 11.2. The van der Waals surface area contributed by atoms with Crippen LogP contribution in [-0.2, 0) is 6.42 Å². The molecule has 0 N–H and O–H groups in total. The maximum atomic E-state index is 5.54. The Labute approximate surface area is 141 Å². The fraction of sp³-hybridized carbons (Fsp3) is 0.111. The number of halogens is 1. The van der Waals surface area contributed by atoms with Crippen molar-refractivity contribution in [3.8, 4) is 22.6 Å². The van der Waals surface area contributed by atoms with Crippen molar-refractivity contribution in [1.82, 2.24) is 14.6 Å². The van der Waals surface area contributed by atoms with Gasteiger partial charge in [-0.25, -0.2) is 9.50 Å². The van der Waals surface area contributed by atoms with Crippen molar-refractivity contribution in [2.45, 2.75) is 13.3 Å². The van der Waals surface area contributed by atoms with Gasteiger partial charge in [0.25, 0.3) is 0 Å². The molecule has 0 aliphatic rings. The Bertz CT molecular complexity index is 956. The lowest BCUT2D eigenvalue weighted by atomic mass is 10.0. The highest BCUT2D eigenvalue weighted by molar-refractivity contribution is 9.10. The predicted octanol–water partition coefficient (Wildman–Crippen LogP) is 4.98. The quantitative estimate of drug-likeness (QED) is 0.512. The van der Waals surface area contributed by atoms with Crippen LogP contribution in [0.15, 0.2) is 63.8 Å². The van der Waals surface area contributed by atoms with E-state index in [1.165, 1.54) is 0 Å². The van der Waals surface area contributed by atoms with E-state index in [0.29, 0.717) is 0 Å². The molecule has 4 nitrogen and oxygen atoms in total. The highest BCUT2D eigenvalue weighted by Crippen LogP contribution is 2.31. The van der Waals surface area contributed by atoms with E-state index in [4.69, 9.17) is 9.52 Å². The molecule has 4 rings (SSSR count). The van der Waals surface area contributed by atoms with Crippen molar-refractivity contribution in [2.75, 3.05) is 0 Å². The minimum Gasteiger partial charge on any atom is -0.463 e. The van der Waals surface area contributed by atoms with Gasteiger partial charge in [0.1, 0.15) is 5.69 Å². The summed E-state index contributed by atoms with van der Waals surface area (Å²) in [5.74, 6) is 0.782. The van der Waals surface area contributed by atoms with Gasteiger partial charge in [0.2, 0.25) is 0 Å². The van der Waals surface area contributed by atoms with Crippen LogP contribution in [0.1, 0.15) is 12.6 Å². The Hall–Kier alpha value is -2.40. The molecule has 0 saturated heterocycles. The molecular formula is C18H14BrN3O. The van der Waals surface area contributed by atoms with E-state index >= 15 is 0 Å². The molecule has 0 fully saturated rings. The molecule has 0 aliphatic heterocycles. The molecule has 23 heavy (non-hydrogen) atoms. The van der Waals surface area contributed by atoms with Gasteiger partial charge in [0, 0.05) is 16.2 Å². The second-order valence-electron chi connectivity index (χ2n) is 5.22. The summed E-state index contributed by atoms with van der Waals surface area (Å²) in [7, 11) is 0. The van der Waals surface area contributed by atoms with Crippen molar-refractivity contribution < 1.29 is 4.42 Å². The van der Waals surface area contributed by atoms with Crippen LogP contribution in [-0.4, -0.2) is 14.6 Å². The minimum atomic E-state index is 0.782. The summed E-state index contributed by atoms with van der Waals surface area (Å²) >= 11 is 3.48. The molecule has 0 radical (unpaired) electrons. The summed E-state index contributed by atoms with van der Waals surface area (Å²) in [6.45, 7) is 2.11. The topological polar surface area (TPSA) is 43.3 Å². The van der Waals surface area contributed by atoms with Crippen molar-refractivity contribution in [3.63, 3.8) is 0 Å². The van der Waals surface area contributed by atoms with Crippen LogP contribution in [0, 0.1) is 0 Å². The average molecular weight is 368 g/mol. The first-order valence-corrected chi connectivity index (χ1v) is 8.23. The summed E-state index contributed by atoms with van der Waals surface area (Å²) in [4.78, 5) is 4.57. The van der Waals surface area contributed by atoms with Gasteiger partial charge in [-0.05, 0) is 42.3 Å². The summed E-state index contributed by atoms with van der Waals surface area (Å²) in [6.07, 6.45) is 4.31. The number of nitrogens with zero attached hydrogens (tertiary/aromatic N) is 3. The average Bonchev–Trinajstić information content (AvgIpc) is 3.22. The Morgan fingerprint density at radius 2 is 1.96 bits per heavy atom. The Kier molecular flexibility index (Phi) is 3.50. The summed E-state index contributed by atoms with van der Waals surface area (Å²) < 4.78 is 8.46. The third-order valence-corrected chi connectivity index (χ3v) is 4.36. The molecule has 0 saturated carbocycles. The van der Waals surface area contributed by atoms with Crippen LogP contribution >= 0.6 is 15.9 Å². The van der Waals surface area contributed by atoms with Crippen molar-refractivity contribution in [2.24, 2.45) is 0 Å². The smallest absolute Gasteiger partial charge is 0.163 e. The van der Waals surface area contributed by atoms with Crippen molar-refractivity contribution in [1.29, 1.82) is 0 Å². The van der Waals surface area contributed by atoms with Gasteiger partial charge in [-0.3, -0.25) is 0 Å². The van der Waals surface area contributed by atoms with Crippen LogP contribution in [0.2, 0.25) is 0 Å². The van der Waals surface area contributed by atoms with Gasteiger partial charge < -0.3 is 4.42 Å². The van der Waals surface area contributed by atoms with E-state index in [1.54, 1.807) is 12.5 Å². The summed E-state index contributed by atoms with van der Waals surface area (Å²) in [5.41, 5.74) is 4.97. The third-order valence-electron chi connectivity index (χ3n) is 3.83. The molecular weight excluding hydrogens is 354 g/mol. The van der Waals surface area contributed by atoms with Gasteiger partial charge in [0.15, 0.2) is 11.4 Å². The van der Waals surface area contributed by atoms with E-state index in [-0.39, 0.29) is 0 Å². The number of hydrogen-bond acceptors (Lipinski definition) is 3. The first kappa shape index (κ1) is 14.2. The number of fused-ring (bicyclic) bond motifs is 1. The van der Waals surface area contributed by atoms with Crippen LogP contribution in [0.3, 0.4) is 0 Å². The van der Waals surface area contributed by atoms with E-state index < -0.39 is 0 Å². The fourth-order valence-electron chi connectivity index (χ4n) is 2.76. The number of rotatable bonds is 3. The molecule has 3 aromatic heterocycles. The molecule has 1 aromatic carbocycles. The Balaban J connectivity index is 2.01. The molecule has 5 heteroatoms. The highest BCUT2D eigenvalue weighted by Gasteiger charge is 2.17. The fourth-order valence-corrected chi connectivity index (χ4v) is 3.02. The Morgan fingerprint density at radius 3 is 2.65 bits per heavy atom. The van der Waals surface area contributed by atoms with Gasteiger partial charge in [-0.2, -0.15) is 5.10 Å². The molecule has 0 amide bonds. The monoisotopic (exact) mass is 367 g/mol. The van der Waals surface area contributed by atoms with E-state index in [9.17, 15) is 0 Å². The second kappa shape index (κ2) is 5.66. The van der Waals surface area contributed by atoms with Crippen molar-refractivity contribution in [3.05, 3.63) is 65.1 Å². The van der Waals surface area contributed by atoms with Crippen LogP contribution in [0.5, 0.6) is 0 Å². The van der Waals surface area contributed by atoms with Gasteiger partial charge >= 0.3 is 0 Å². The molecule has 3 heterocycles. The molecule has 4 aromatic rings.